The number of hydrogen-bond donors (Lipinski definition) is 0. The summed E-state index contributed by atoms with van der Waals surface area (Å²) in [5, 5.41) is 1.37. The van der Waals surface area contributed by atoms with Crippen molar-refractivity contribution in [2.45, 2.75) is 37.1 Å². The Hall–Kier alpha value is -2.44. The van der Waals surface area contributed by atoms with Crippen molar-refractivity contribution < 1.29 is 4.39 Å². The molecule has 3 nitrogen and oxygen atoms in total. The molecule has 1 aliphatic carbocycles. The zero-order valence-electron chi connectivity index (χ0n) is 16.6. The first kappa shape index (κ1) is 19.5. The molecule has 1 unspecified atom stereocenters. The highest BCUT2D eigenvalue weighted by Crippen LogP contribution is 2.37. The minimum atomic E-state index is -0.236. The number of aryl methyl sites for hydroxylation is 1. The van der Waals surface area contributed by atoms with Crippen molar-refractivity contribution in [2.75, 3.05) is 0 Å². The normalized spacial score (nSPS) is 16.0. The Kier molecular flexibility index (Phi) is 5.21. The molecule has 0 spiro atoms. The number of nitrogens with zero attached hydrogens (tertiary/aromatic N) is 2. The van der Waals surface area contributed by atoms with Crippen LogP contribution in [0, 0.1) is 11.7 Å². The van der Waals surface area contributed by atoms with E-state index < -0.39 is 0 Å². The molecule has 0 bridgehead atoms. The summed E-state index contributed by atoms with van der Waals surface area (Å²) in [7, 11) is 0. The van der Waals surface area contributed by atoms with Crippen molar-refractivity contribution in [1.82, 2.24) is 9.55 Å². The third-order valence-corrected chi connectivity index (χ3v) is 7.76. The lowest BCUT2D eigenvalue weighted by Crippen LogP contribution is -2.22. The van der Waals surface area contributed by atoms with Gasteiger partial charge in [0.05, 0.1) is 11.1 Å². The minimum absolute atomic E-state index is 0.0192. The van der Waals surface area contributed by atoms with E-state index in [0.29, 0.717) is 22.4 Å². The monoisotopic (exact) mass is 436 g/mol. The predicted octanol–water partition coefficient (Wildman–Crippen LogP) is 6.00. The Labute approximate surface area is 182 Å². The summed E-state index contributed by atoms with van der Waals surface area (Å²) < 4.78 is 15.8. The average Bonchev–Trinajstić information content (AvgIpc) is 3.11. The standard InChI is InChI=1S/C24H21FN2OS2/c1-15-11-12-18-20(13-15)30-22-21(18)23(28)27(17-8-3-2-4-9-17)24(26-22)29-14-16-7-5-6-10-19(16)25/h2-10,15H,11-14H2,1H3. The van der Waals surface area contributed by atoms with Crippen LogP contribution in [0.2, 0.25) is 0 Å². The van der Waals surface area contributed by atoms with Crippen LogP contribution in [0.1, 0.15) is 29.3 Å². The summed E-state index contributed by atoms with van der Waals surface area (Å²) in [6, 6.07) is 16.4. The quantitative estimate of drug-likeness (QED) is 0.291. The van der Waals surface area contributed by atoms with Crippen LogP contribution in [0.3, 0.4) is 0 Å². The third kappa shape index (κ3) is 3.48. The molecule has 1 aliphatic rings. The van der Waals surface area contributed by atoms with Gasteiger partial charge < -0.3 is 0 Å². The highest BCUT2D eigenvalue weighted by Gasteiger charge is 2.25. The molecule has 1 atom stereocenters. The largest absolute Gasteiger partial charge is 0.268 e. The lowest BCUT2D eigenvalue weighted by molar-refractivity contribution is 0.509. The molecule has 2 aromatic carbocycles. The summed E-state index contributed by atoms with van der Waals surface area (Å²) in [6.45, 7) is 2.26. The maximum Gasteiger partial charge on any atom is 0.267 e. The fourth-order valence-electron chi connectivity index (χ4n) is 4.03. The van der Waals surface area contributed by atoms with Gasteiger partial charge in [-0.15, -0.1) is 11.3 Å². The average molecular weight is 437 g/mol. The fourth-order valence-corrected chi connectivity index (χ4v) is 6.45. The number of halogens is 1. The first-order chi connectivity index (χ1) is 14.6. The number of para-hydroxylation sites is 1. The summed E-state index contributed by atoms with van der Waals surface area (Å²) >= 11 is 3.05. The molecule has 152 valence electrons. The summed E-state index contributed by atoms with van der Waals surface area (Å²) in [6.07, 6.45) is 3.05. The smallest absolute Gasteiger partial charge is 0.267 e. The van der Waals surface area contributed by atoms with Crippen LogP contribution >= 0.6 is 23.1 Å². The summed E-state index contributed by atoms with van der Waals surface area (Å²) in [4.78, 5) is 20.7. The highest BCUT2D eigenvalue weighted by atomic mass is 32.2. The van der Waals surface area contributed by atoms with Crippen LogP contribution in [0.5, 0.6) is 0 Å². The first-order valence-electron chi connectivity index (χ1n) is 10.1. The molecule has 5 rings (SSSR count). The molecule has 0 aliphatic heterocycles. The molecule has 4 aromatic rings. The van der Waals surface area contributed by atoms with Gasteiger partial charge in [-0.3, -0.25) is 9.36 Å². The fraction of sp³-hybridized carbons (Fsp3) is 0.250. The second-order valence-corrected chi connectivity index (χ2v) is 9.81. The molecule has 0 saturated heterocycles. The van der Waals surface area contributed by atoms with Gasteiger partial charge in [-0.1, -0.05) is 55.1 Å². The van der Waals surface area contributed by atoms with Gasteiger partial charge in [-0.25, -0.2) is 9.37 Å². The summed E-state index contributed by atoms with van der Waals surface area (Å²) in [5.74, 6) is 0.816. The van der Waals surface area contributed by atoms with E-state index in [1.165, 1.54) is 28.3 Å². The molecular formula is C24H21FN2OS2. The molecule has 0 saturated carbocycles. The molecule has 6 heteroatoms. The Bertz CT molecular complexity index is 1280. The molecule has 30 heavy (non-hydrogen) atoms. The van der Waals surface area contributed by atoms with Gasteiger partial charge in [0.15, 0.2) is 5.16 Å². The van der Waals surface area contributed by atoms with E-state index in [4.69, 9.17) is 4.98 Å². The van der Waals surface area contributed by atoms with E-state index in [0.717, 1.165) is 35.2 Å². The van der Waals surface area contributed by atoms with Crippen molar-refractivity contribution in [1.29, 1.82) is 0 Å². The molecule has 2 aromatic heterocycles. The van der Waals surface area contributed by atoms with E-state index in [2.05, 4.69) is 6.92 Å². The highest BCUT2D eigenvalue weighted by molar-refractivity contribution is 7.98. The predicted molar refractivity (Wildman–Crippen MR) is 122 cm³/mol. The number of fused-ring (bicyclic) bond motifs is 3. The van der Waals surface area contributed by atoms with E-state index in [9.17, 15) is 9.18 Å². The van der Waals surface area contributed by atoms with Gasteiger partial charge in [0.1, 0.15) is 10.6 Å². The van der Waals surface area contributed by atoms with Crippen LogP contribution in [-0.4, -0.2) is 9.55 Å². The van der Waals surface area contributed by atoms with Crippen LogP contribution in [-0.2, 0) is 18.6 Å². The second kappa shape index (κ2) is 8.00. The van der Waals surface area contributed by atoms with Crippen LogP contribution in [0.15, 0.2) is 64.5 Å². The topological polar surface area (TPSA) is 34.9 Å². The number of thioether (sulfide) groups is 1. The number of hydrogen-bond acceptors (Lipinski definition) is 4. The van der Waals surface area contributed by atoms with Crippen LogP contribution < -0.4 is 5.56 Å². The van der Waals surface area contributed by atoms with Crippen molar-refractivity contribution >= 4 is 33.3 Å². The van der Waals surface area contributed by atoms with Crippen LogP contribution in [0.4, 0.5) is 4.39 Å². The van der Waals surface area contributed by atoms with E-state index in [1.54, 1.807) is 28.0 Å². The van der Waals surface area contributed by atoms with Crippen molar-refractivity contribution in [3.05, 3.63) is 86.8 Å². The van der Waals surface area contributed by atoms with E-state index >= 15 is 0 Å². The second-order valence-electron chi connectivity index (χ2n) is 7.78. The van der Waals surface area contributed by atoms with Crippen molar-refractivity contribution in [3.63, 3.8) is 0 Å². The molecule has 0 amide bonds. The van der Waals surface area contributed by atoms with Gasteiger partial charge in [0.25, 0.3) is 5.56 Å². The number of aromatic nitrogens is 2. The Morgan fingerprint density at radius 1 is 1.17 bits per heavy atom. The number of thiophene rings is 1. The molecule has 0 fully saturated rings. The molecule has 2 heterocycles. The Morgan fingerprint density at radius 2 is 1.93 bits per heavy atom. The van der Waals surface area contributed by atoms with Crippen LogP contribution in [0.25, 0.3) is 15.9 Å². The Morgan fingerprint density at radius 3 is 2.73 bits per heavy atom. The Balaban J connectivity index is 1.67. The molecule has 0 N–H and O–H groups in total. The van der Waals surface area contributed by atoms with Gasteiger partial charge in [-0.2, -0.15) is 0 Å². The molecular weight excluding hydrogens is 415 g/mol. The lowest BCUT2D eigenvalue weighted by atomic mass is 9.89. The first-order valence-corrected chi connectivity index (χ1v) is 11.9. The SMILES string of the molecule is CC1CCc2c(sc3nc(SCc4ccccc4F)n(-c4ccccc4)c(=O)c23)C1. The van der Waals surface area contributed by atoms with Gasteiger partial charge in [-0.05, 0) is 54.5 Å². The van der Waals surface area contributed by atoms with Gasteiger partial charge in [0, 0.05) is 10.6 Å². The maximum atomic E-state index is 14.1. The molecule has 0 radical (unpaired) electrons. The van der Waals surface area contributed by atoms with Gasteiger partial charge >= 0.3 is 0 Å². The van der Waals surface area contributed by atoms with E-state index in [-0.39, 0.29) is 11.4 Å². The zero-order valence-corrected chi connectivity index (χ0v) is 18.2. The lowest BCUT2D eigenvalue weighted by Gasteiger charge is -2.17. The van der Waals surface area contributed by atoms with Crippen molar-refractivity contribution in [3.8, 4) is 5.69 Å². The minimum Gasteiger partial charge on any atom is -0.268 e. The maximum absolute atomic E-state index is 14.1. The summed E-state index contributed by atoms with van der Waals surface area (Å²) in [5.41, 5.74) is 2.56. The van der Waals surface area contributed by atoms with Gasteiger partial charge in [0.2, 0.25) is 0 Å². The zero-order chi connectivity index (χ0) is 20.7. The third-order valence-electron chi connectivity index (χ3n) is 5.63. The number of benzene rings is 2. The van der Waals surface area contributed by atoms with E-state index in [1.807, 2.05) is 36.4 Å². The number of rotatable bonds is 4. The van der Waals surface area contributed by atoms with Crippen molar-refractivity contribution in [2.24, 2.45) is 5.92 Å².